The third-order valence-electron chi connectivity index (χ3n) is 5.93. The molecule has 4 aromatic heterocycles. The van der Waals surface area contributed by atoms with Gasteiger partial charge in [-0.05, 0) is 52.7 Å². The number of hydrogen-bond acceptors (Lipinski definition) is 9. The molecule has 1 aliphatic rings. The molecule has 4 heterocycles. The number of carbonyl (C=O) groups is 2. The molecule has 39 heavy (non-hydrogen) atoms. The van der Waals surface area contributed by atoms with E-state index in [9.17, 15) is 14.4 Å². The highest BCUT2D eigenvalue weighted by atomic mass is 16.6. The number of rotatable bonds is 7. The first-order chi connectivity index (χ1) is 18.6. The Bertz CT molecular complexity index is 1610. The Morgan fingerprint density at radius 1 is 1.21 bits per heavy atom. The van der Waals surface area contributed by atoms with Gasteiger partial charge in [-0.2, -0.15) is 14.7 Å². The summed E-state index contributed by atoms with van der Waals surface area (Å²) in [6.07, 6.45) is 6.35. The van der Waals surface area contributed by atoms with Crippen molar-refractivity contribution < 1.29 is 19.1 Å². The van der Waals surface area contributed by atoms with Crippen molar-refractivity contribution in [1.82, 2.24) is 28.9 Å². The monoisotopic (exact) mass is 534 g/mol. The van der Waals surface area contributed by atoms with Crippen molar-refractivity contribution in [3.63, 3.8) is 0 Å². The number of amides is 1. The molecule has 0 atom stereocenters. The number of nitrogens with zero attached hydrogens (tertiary/aromatic N) is 7. The highest BCUT2D eigenvalue weighted by molar-refractivity contribution is 5.97. The van der Waals surface area contributed by atoms with Gasteiger partial charge in [0, 0.05) is 31.6 Å². The van der Waals surface area contributed by atoms with Crippen LogP contribution in [0.2, 0.25) is 0 Å². The molecule has 0 unspecified atom stereocenters. The Morgan fingerprint density at radius 3 is 2.67 bits per heavy atom. The molecule has 4 aromatic rings. The van der Waals surface area contributed by atoms with Gasteiger partial charge >= 0.3 is 12.1 Å². The van der Waals surface area contributed by atoms with E-state index in [0.717, 1.165) is 12.8 Å². The van der Waals surface area contributed by atoms with Gasteiger partial charge in [-0.15, -0.1) is 0 Å². The SMILES string of the molecule is CCOC(=O)c1cnn2c(N(C)C(=O)OC(C)(C)C)cc(Nc3cccn(-c4ccn(C5CC5)n4)c3=O)nc12. The zero-order valence-corrected chi connectivity index (χ0v) is 22.4. The van der Waals surface area contributed by atoms with Crippen LogP contribution in [0.4, 0.5) is 22.1 Å². The molecule has 1 amide bonds. The fourth-order valence-corrected chi connectivity index (χ4v) is 3.93. The van der Waals surface area contributed by atoms with Crippen LogP contribution in [-0.4, -0.2) is 60.3 Å². The highest BCUT2D eigenvalue weighted by Gasteiger charge is 2.26. The normalized spacial score (nSPS) is 13.4. The Balaban J connectivity index is 1.55. The minimum Gasteiger partial charge on any atom is -0.462 e. The first-order valence-electron chi connectivity index (χ1n) is 12.6. The van der Waals surface area contributed by atoms with Crippen molar-refractivity contribution in [3.8, 4) is 5.82 Å². The van der Waals surface area contributed by atoms with E-state index in [2.05, 4.69) is 20.5 Å². The number of pyridine rings is 1. The maximum atomic E-state index is 13.4. The number of fused-ring (bicyclic) bond motifs is 1. The molecule has 0 spiro atoms. The average molecular weight is 535 g/mol. The molecule has 5 rings (SSSR count). The second-order valence-corrected chi connectivity index (χ2v) is 10.2. The predicted molar refractivity (Wildman–Crippen MR) is 143 cm³/mol. The summed E-state index contributed by atoms with van der Waals surface area (Å²) in [5.74, 6) is 0.352. The lowest BCUT2D eigenvalue weighted by molar-refractivity contribution is 0.0527. The number of carbonyl (C=O) groups excluding carboxylic acids is 2. The van der Waals surface area contributed by atoms with Crippen molar-refractivity contribution in [1.29, 1.82) is 0 Å². The number of ether oxygens (including phenoxy) is 2. The van der Waals surface area contributed by atoms with Crippen molar-refractivity contribution in [2.45, 2.75) is 52.2 Å². The van der Waals surface area contributed by atoms with E-state index >= 15 is 0 Å². The second-order valence-electron chi connectivity index (χ2n) is 10.2. The second kappa shape index (κ2) is 9.89. The zero-order valence-electron chi connectivity index (χ0n) is 22.4. The molecule has 0 saturated heterocycles. The molecular weight excluding hydrogens is 504 g/mol. The Hall–Kier alpha value is -4.68. The van der Waals surface area contributed by atoms with Crippen molar-refractivity contribution >= 4 is 35.0 Å². The fourth-order valence-electron chi connectivity index (χ4n) is 3.93. The maximum absolute atomic E-state index is 13.4. The lowest BCUT2D eigenvalue weighted by Gasteiger charge is -2.25. The summed E-state index contributed by atoms with van der Waals surface area (Å²) in [7, 11) is 1.52. The van der Waals surface area contributed by atoms with Crippen LogP contribution in [0.3, 0.4) is 0 Å². The number of hydrogen-bond donors (Lipinski definition) is 1. The van der Waals surface area contributed by atoms with Crippen LogP contribution in [0.5, 0.6) is 0 Å². The zero-order chi connectivity index (χ0) is 27.9. The van der Waals surface area contributed by atoms with Crippen LogP contribution in [0.15, 0.2) is 47.7 Å². The third kappa shape index (κ3) is 5.33. The maximum Gasteiger partial charge on any atom is 0.415 e. The Morgan fingerprint density at radius 2 is 1.97 bits per heavy atom. The minimum atomic E-state index is -0.736. The molecule has 1 saturated carbocycles. The van der Waals surface area contributed by atoms with Crippen LogP contribution in [0.1, 0.15) is 56.9 Å². The summed E-state index contributed by atoms with van der Waals surface area (Å²) >= 11 is 0. The Kier molecular flexibility index (Phi) is 6.58. The van der Waals surface area contributed by atoms with Gasteiger partial charge in [0.1, 0.15) is 28.5 Å². The van der Waals surface area contributed by atoms with Gasteiger partial charge in [0.05, 0.1) is 18.8 Å². The van der Waals surface area contributed by atoms with Crippen LogP contribution in [0, 0.1) is 0 Å². The highest BCUT2D eigenvalue weighted by Crippen LogP contribution is 2.34. The summed E-state index contributed by atoms with van der Waals surface area (Å²) in [6, 6.07) is 7.05. The quantitative estimate of drug-likeness (QED) is 0.352. The van der Waals surface area contributed by atoms with E-state index in [1.807, 2.05) is 10.9 Å². The van der Waals surface area contributed by atoms with Crippen LogP contribution in [0.25, 0.3) is 11.5 Å². The van der Waals surface area contributed by atoms with Crippen molar-refractivity contribution in [3.05, 3.63) is 58.8 Å². The van der Waals surface area contributed by atoms with Gasteiger partial charge in [0.15, 0.2) is 11.5 Å². The molecule has 0 radical (unpaired) electrons. The average Bonchev–Trinajstić information content (AvgIpc) is 3.45. The molecule has 1 N–H and O–H groups in total. The molecule has 1 aliphatic carbocycles. The van der Waals surface area contributed by atoms with E-state index in [1.165, 1.54) is 33.3 Å². The third-order valence-corrected chi connectivity index (χ3v) is 5.93. The van der Waals surface area contributed by atoms with Crippen molar-refractivity contribution in [2.75, 3.05) is 23.9 Å². The van der Waals surface area contributed by atoms with Gasteiger partial charge in [0.2, 0.25) is 0 Å². The minimum absolute atomic E-state index is 0.107. The molecule has 0 aromatic carbocycles. The topological polar surface area (TPSA) is 138 Å². The predicted octanol–water partition coefficient (Wildman–Crippen LogP) is 3.70. The number of nitrogens with one attached hydrogen (secondary N) is 1. The van der Waals surface area contributed by atoms with Crippen LogP contribution < -0.4 is 15.8 Å². The van der Waals surface area contributed by atoms with Gasteiger partial charge in [0.25, 0.3) is 5.56 Å². The standard InChI is InChI=1S/C26H30N8O5/c1-6-38-24(36)17-15-27-34-21(31(5)25(37)39-26(2,3)4)14-19(29-22(17)34)28-18-8-7-12-32(23(18)35)20-11-13-33(30-20)16-9-10-16/h7-8,11-16H,6,9-10H2,1-5H3,(H,28,29). The van der Waals surface area contributed by atoms with E-state index < -0.39 is 17.7 Å². The van der Waals surface area contributed by atoms with Gasteiger partial charge in [-0.1, -0.05) is 0 Å². The summed E-state index contributed by atoms with van der Waals surface area (Å²) in [5, 5.41) is 11.8. The van der Waals surface area contributed by atoms with Crippen molar-refractivity contribution in [2.24, 2.45) is 0 Å². The molecule has 204 valence electrons. The van der Waals surface area contributed by atoms with Crippen LogP contribution >= 0.6 is 0 Å². The fraction of sp³-hybridized carbons (Fsp3) is 0.385. The van der Waals surface area contributed by atoms with Gasteiger partial charge in [-0.25, -0.2) is 14.6 Å². The molecule has 0 bridgehead atoms. The molecular formula is C26H30N8O5. The summed E-state index contributed by atoms with van der Waals surface area (Å²) in [5.41, 5.74) is -0.612. The summed E-state index contributed by atoms with van der Waals surface area (Å²) < 4.78 is 15.3. The lowest BCUT2D eigenvalue weighted by atomic mass is 10.2. The Labute approximate surface area is 224 Å². The van der Waals surface area contributed by atoms with E-state index in [-0.39, 0.29) is 40.7 Å². The molecule has 0 aliphatic heterocycles. The van der Waals surface area contributed by atoms with E-state index in [4.69, 9.17) is 9.47 Å². The smallest absolute Gasteiger partial charge is 0.415 e. The first-order valence-corrected chi connectivity index (χ1v) is 12.6. The number of aromatic nitrogens is 6. The largest absolute Gasteiger partial charge is 0.462 e. The van der Waals surface area contributed by atoms with Gasteiger partial charge < -0.3 is 14.8 Å². The van der Waals surface area contributed by atoms with Crippen LogP contribution in [-0.2, 0) is 9.47 Å². The summed E-state index contributed by atoms with van der Waals surface area (Å²) in [4.78, 5) is 44.6. The molecule has 13 heteroatoms. The van der Waals surface area contributed by atoms with E-state index in [1.54, 1.807) is 52.1 Å². The number of esters is 1. The lowest BCUT2D eigenvalue weighted by Crippen LogP contribution is -2.35. The molecule has 13 nitrogen and oxygen atoms in total. The number of anilines is 3. The first kappa shape index (κ1) is 25.9. The van der Waals surface area contributed by atoms with E-state index in [0.29, 0.717) is 11.9 Å². The summed E-state index contributed by atoms with van der Waals surface area (Å²) in [6.45, 7) is 7.14. The molecule has 1 fully saturated rings. The van der Waals surface area contributed by atoms with Gasteiger partial charge in [-0.3, -0.25) is 18.9 Å².